The van der Waals surface area contributed by atoms with Crippen molar-refractivity contribution in [1.29, 1.82) is 0 Å². The van der Waals surface area contributed by atoms with Crippen molar-refractivity contribution in [1.82, 2.24) is 19.7 Å². The lowest BCUT2D eigenvalue weighted by atomic mass is 10.2. The zero-order valence-corrected chi connectivity index (χ0v) is 13.1. The second-order valence-corrected chi connectivity index (χ2v) is 6.43. The molecule has 1 saturated carbocycles. The highest BCUT2D eigenvalue weighted by atomic mass is 15.4. The summed E-state index contributed by atoms with van der Waals surface area (Å²) in [6, 6.07) is 6.19. The third-order valence-electron chi connectivity index (χ3n) is 4.48. The molecule has 22 heavy (non-hydrogen) atoms. The number of aromatic nitrogens is 4. The number of aryl methyl sites for hydroxylation is 1. The summed E-state index contributed by atoms with van der Waals surface area (Å²) in [6.45, 7) is 6.40. The number of hydrogen-bond donors (Lipinski definition) is 1. The SMILES string of the molecule is Cc1ccc2nc(Nc3cnn(C4(C)CC4)c3C)ncc2c1. The number of rotatable bonds is 3. The summed E-state index contributed by atoms with van der Waals surface area (Å²) in [6.07, 6.45) is 6.11. The number of anilines is 2. The predicted molar refractivity (Wildman–Crippen MR) is 87.4 cm³/mol. The van der Waals surface area contributed by atoms with Gasteiger partial charge in [0.25, 0.3) is 0 Å². The van der Waals surface area contributed by atoms with Crippen molar-refractivity contribution >= 4 is 22.5 Å². The van der Waals surface area contributed by atoms with Gasteiger partial charge in [0, 0.05) is 11.6 Å². The Morgan fingerprint density at radius 3 is 2.77 bits per heavy atom. The van der Waals surface area contributed by atoms with E-state index in [0.717, 1.165) is 22.3 Å². The summed E-state index contributed by atoms with van der Waals surface area (Å²) < 4.78 is 2.11. The molecule has 0 unspecified atom stereocenters. The molecule has 0 amide bonds. The summed E-state index contributed by atoms with van der Waals surface area (Å²) in [7, 11) is 0. The van der Waals surface area contributed by atoms with Crippen molar-refractivity contribution in [3.8, 4) is 0 Å². The van der Waals surface area contributed by atoms with Gasteiger partial charge in [-0.3, -0.25) is 4.68 Å². The standard InChI is InChI=1S/C17H19N5/c1-11-4-5-14-13(8-11)9-18-16(20-14)21-15-10-19-22(12(15)2)17(3)6-7-17/h4-5,8-10H,6-7H2,1-3H3,(H,18,20,21). The van der Waals surface area contributed by atoms with Crippen molar-refractivity contribution in [3.63, 3.8) is 0 Å². The van der Waals surface area contributed by atoms with Crippen molar-refractivity contribution in [2.75, 3.05) is 5.32 Å². The topological polar surface area (TPSA) is 55.6 Å². The molecule has 1 aliphatic rings. The molecule has 0 aliphatic heterocycles. The summed E-state index contributed by atoms with van der Waals surface area (Å²) in [4.78, 5) is 8.99. The third-order valence-corrected chi connectivity index (χ3v) is 4.48. The quantitative estimate of drug-likeness (QED) is 0.800. The minimum Gasteiger partial charge on any atom is -0.321 e. The Morgan fingerprint density at radius 2 is 2.00 bits per heavy atom. The van der Waals surface area contributed by atoms with Crippen LogP contribution in [0.3, 0.4) is 0 Å². The van der Waals surface area contributed by atoms with Crippen LogP contribution in [-0.2, 0) is 5.54 Å². The molecular formula is C17H19N5. The minimum absolute atomic E-state index is 0.200. The van der Waals surface area contributed by atoms with Gasteiger partial charge in [-0.15, -0.1) is 0 Å². The Morgan fingerprint density at radius 1 is 1.18 bits per heavy atom. The van der Waals surface area contributed by atoms with Crippen LogP contribution in [0, 0.1) is 13.8 Å². The third kappa shape index (κ3) is 2.13. The van der Waals surface area contributed by atoms with E-state index in [1.54, 1.807) is 0 Å². The van der Waals surface area contributed by atoms with Crippen molar-refractivity contribution in [3.05, 3.63) is 41.9 Å². The van der Waals surface area contributed by atoms with Crippen LogP contribution in [0.5, 0.6) is 0 Å². The van der Waals surface area contributed by atoms with Gasteiger partial charge in [0.1, 0.15) is 0 Å². The molecular weight excluding hydrogens is 274 g/mol. The van der Waals surface area contributed by atoms with E-state index < -0.39 is 0 Å². The number of benzene rings is 1. The van der Waals surface area contributed by atoms with Crippen LogP contribution in [0.2, 0.25) is 0 Å². The highest BCUT2D eigenvalue weighted by molar-refractivity contribution is 5.79. The maximum atomic E-state index is 4.58. The molecule has 1 N–H and O–H groups in total. The van der Waals surface area contributed by atoms with Crippen LogP contribution in [0.1, 0.15) is 31.0 Å². The molecule has 2 aromatic heterocycles. The predicted octanol–water partition coefficient (Wildman–Crippen LogP) is 3.70. The van der Waals surface area contributed by atoms with Gasteiger partial charge in [0.05, 0.1) is 28.6 Å². The molecule has 3 aromatic rings. The van der Waals surface area contributed by atoms with Crippen LogP contribution in [0.25, 0.3) is 10.9 Å². The summed E-state index contributed by atoms with van der Waals surface area (Å²) in [5.74, 6) is 0.611. The molecule has 2 heterocycles. The molecule has 0 saturated heterocycles. The van der Waals surface area contributed by atoms with Crippen LogP contribution < -0.4 is 5.32 Å². The fourth-order valence-corrected chi connectivity index (χ4v) is 2.80. The average molecular weight is 293 g/mol. The molecule has 112 valence electrons. The molecule has 5 nitrogen and oxygen atoms in total. The Bertz CT molecular complexity index is 861. The lowest BCUT2D eigenvalue weighted by molar-refractivity contribution is 0.461. The Balaban J connectivity index is 1.66. The monoisotopic (exact) mass is 293 g/mol. The molecule has 1 fully saturated rings. The van der Waals surface area contributed by atoms with Gasteiger partial charge in [-0.25, -0.2) is 9.97 Å². The summed E-state index contributed by atoms with van der Waals surface area (Å²) in [5.41, 5.74) is 4.47. The van der Waals surface area contributed by atoms with E-state index in [0.29, 0.717) is 5.95 Å². The Labute approximate surface area is 129 Å². The molecule has 5 heteroatoms. The molecule has 0 bridgehead atoms. The van der Waals surface area contributed by atoms with E-state index >= 15 is 0 Å². The van der Waals surface area contributed by atoms with Gasteiger partial charge >= 0.3 is 0 Å². The first-order valence-electron chi connectivity index (χ1n) is 7.61. The number of fused-ring (bicyclic) bond motifs is 1. The molecule has 0 spiro atoms. The van der Waals surface area contributed by atoms with Crippen molar-refractivity contribution < 1.29 is 0 Å². The highest BCUT2D eigenvalue weighted by Gasteiger charge is 2.41. The lowest BCUT2D eigenvalue weighted by Gasteiger charge is -2.12. The molecule has 1 aliphatic carbocycles. The average Bonchev–Trinajstić information content (AvgIpc) is 3.14. The Kier molecular flexibility index (Phi) is 2.73. The first kappa shape index (κ1) is 13.2. The molecule has 4 rings (SSSR count). The van der Waals surface area contributed by atoms with E-state index in [2.05, 4.69) is 58.0 Å². The van der Waals surface area contributed by atoms with Crippen LogP contribution in [0.15, 0.2) is 30.6 Å². The maximum Gasteiger partial charge on any atom is 0.227 e. The second-order valence-electron chi connectivity index (χ2n) is 6.43. The van der Waals surface area contributed by atoms with Gasteiger partial charge in [0.2, 0.25) is 5.95 Å². The minimum atomic E-state index is 0.200. The lowest BCUT2D eigenvalue weighted by Crippen LogP contribution is -2.15. The first-order chi connectivity index (χ1) is 10.5. The second kappa shape index (κ2) is 4.53. The normalized spacial score (nSPS) is 16.0. The fourth-order valence-electron chi connectivity index (χ4n) is 2.80. The maximum absolute atomic E-state index is 4.58. The molecule has 1 aromatic carbocycles. The first-order valence-corrected chi connectivity index (χ1v) is 7.61. The van der Waals surface area contributed by atoms with E-state index in [4.69, 9.17) is 0 Å². The highest BCUT2D eigenvalue weighted by Crippen LogP contribution is 2.44. The number of nitrogens with zero attached hydrogens (tertiary/aromatic N) is 4. The smallest absolute Gasteiger partial charge is 0.227 e. The van der Waals surface area contributed by atoms with Gasteiger partial charge in [-0.05, 0) is 45.7 Å². The van der Waals surface area contributed by atoms with Crippen molar-refractivity contribution in [2.24, 2.45) is 0 Å². The zero-order chi connectivity index (χ0) is 15.3. The van der Waals surface area contributed by atoms with E-state index in [9.17, 15) is 0 Å². The zero-order valence-electron chi connectivity index (χ0n) is 13.1. The van der Waals surface area contributed by atoms with Crippen LogP contribution in [-0.4, -0.2) is 19.7 Å². The van der Waals surface area contributed by atoms with Gasteiger partial charge < -0.3 is 5.32 Å². The fraction of sp³-hybridized carbons (Fsp3) is 0.353. The van der Waals surface area contributed by atoms with Crippen LogP contribution in [0.4, 0.5) is 11.6 Å². The number of nitrogens with one attached hydrogen (secondary N) is 1. The molecule has 0 radical (unpaired) electrons. The summed E-state index contributed by atoms with van der Waals surface area (Å²) in [5, 5.41) is 8.87. The van der Waals surface area contributed by atoms with Gasteiger partial charge in [0.15, 0.2) is 0 Å². The van der Waals surface area contributed by atoms with Gasteiger partial charge in [-0.1, -0.05) is 11.6 Å². The van der Waals surface area contributed by atoms with Crippen LogP contribution >= 0.6 is 0 Å². The van der Waals surface area contributed by atoms with E-state index in [-0.39, 0.29) is 5.54 Å². The van der Waals surface area contributed by atoms with E-state index in [1.165, 1.54) is 18.4 Å². The summed E-state index contributed by atoms with van der Waals surface area (Å²) >= 11 is 0. The largest absolute Gasteiger partial charge is 0.321 e. The van der Waals surface area contributed by atoms with E-state index in [1.807, 2.05) is 18.5 Å². The Hall–Kier alpha value is -2.43. The van der Waals surface area contributed by atoms with Crippen molar-refractivity contribution in [2.45, 2.75) is 39.2 Å². The molecule has 0 atom stereocenters. The number of hydrogen-bond acceptors (Lipinski definition) is 4. The van der Waals surface area contributed by atoms with Gasteiger partial charge in [-0.2, -0.15) is 5.10 Å².